The lowest BCUT2D eigenvalue weighted by Crippen LogP contribution is -2.62. The minimum Gasteiger partial charge on any atom is -0.376 e. The van der Waals surface area contributed by atoms with E-state index < -0.39 is 0 Å². The minimum absolute atomic E-state index is 0.330. The maximum Gasteiger partial charge on any atom is 0.121 e. The first kappa shape index (κ1) is 13.1. The van der Waals surface area contributed by atoms with Crippen LogP contribution >= 0.6 is 0 Å². The first-order valence-electron chi connectivity index (χ1n) is 7.79. The molecule has 0 spiro atoms. The van der Waals surface area contributed by atoms with Crippen LogP contribution in [-0.2, 0) is 4.74 Å². The SMILES string of the molecule is c1ccc2c(c1)ccn2N1CCOCC1N1CCNCC1. The van der Waals surface area contributed by atoms with Crippen LogP contribution in [0.2, 0.25) is 0 Å². The highest BCUT2D eigenvalue weighted by atomic mass is 16.5. The number of rotatable bonds is 2. The van der Waals surface area contributed by atoms with Gasteiger partial charge < -0.3 is 10.1 Å². The summed E-state index contributed by atoms with van der Waals surface area (Å²) in [5.41, 5.74) is 1.28. The van der Waals surface area contributed by atoms with E-state index in [1.807, 2.05) is 0 Å². The number of hydrogen-bond donors (Lipinski definition) is 1. The molecule has 1 N–H and O–H groups in total. The summed E-state index contributed by atoms with van der Waals surface area (Å²) in [6.45, 7) is 6.83. The summed E-state index contributed by atoms with van der Waals surface area (Å²) in [5, 5.41) is 7.18. The molecule has 0 saturated carbocycles. The van der Waals surface area contributed by atoms with E-state index in [0.717, 1.165) is 45.9 Å². The van der Waals surface area contributed by atoms with Crippen molar-refractivity contribution in [3.8, 4) is 0 Å². The third-order valence-corrected chi connectivity index (χ3v) is 4.50. The van der Waals surface area contributed by atoms with Crippen molar-refractivity contribution < 1.29 is 4.74 Å². The van der Waals surface area contributed by atoms with Crippen LogP contribution in [0.25, 0.3) is 10.9 Å². The summed E-state index contributed by atoms with van der Waals surface area (Å²) in [6, 6.07) is 10.8. The smallest absolute Gasteiger partial charge is 0.121 e. The van der Waals surface area contributed by atoms with Crippen molar-refractivity contribution in [2.75, 3.05) is 50.9 Å². The fourth-order valence-electron chi connectivity index (χ4n) is 3.40. The molecular formula is C16H22N4O. The van der Waals surface area contributed by atoms with Gasteiger partial charge in [0.15, 0.2) is 0 Å². The fraction of sp³-hybridized carbons (Fsp3) is 0.500. The fourth-order valence-corrected chi connectivity index (χ4v) is 3.40. The maximum atomic E-state index is 5.76. The molecule has 4 rings (SSSR count). The van der Waals surface area contributed by atoms with Crippen molar-refractivity contribution in [3.05, 3.63) is 36.5 Å². The Morgan fingerprint density at radius 1 is 1.05 bits per heavy atom. The Labute approximate surface area is 125 Å². The van der Waals surface area contributed by atoms with Crippen molar-refractivity contribution in [1.82, 2.24) is 14.9 Å². The van der Waals surface area contributed by atoms with Crippen molar-refractivity contribution in [2.45, 2.75) is 6.17 Å². The summed E-state index contributed by atoms with van der Waals surface area (Å²) in [6.07, 6.45) is 2.52. The van der Waals surface area contributed by atoms with Crippen LogP contribution in [0.4, 0.5) is 0 Å². The monoisotopic (exact) mass is 286 g/mol. The number of nitrogens with zero attached hydrogens (tertiary/aromatic N) is 3. The number of aromatic nitrogens is 1. The first-order chi connectivity index (χ1) is 10.4. The van der Waals surface area contributed by atoms with Crippen LogP contribution in [-0.4, -0.2) is 61.7 Å². The van der Waals surface area contributed by atoms with Gasteiger partial charge in [0.2, 0.25) is 0 Å². The zero-order chi connectivity index (χ0) is 14.1. The zero-order valence-electron chi connectivity index (χ0n) is 12.2. The molecule has 0 bridgehead atoms. The van der Waals surface area contributed by atoms with E-state index in [-0.39, 0.29) is 0 Å². The average molecular weight is 286 g/mol. The van der Waals surface area contributed by atoms with Gasteiger partial charge in [0.1, 0.15) is 6.17 Å². The molecule has 2 aromatic rings. The van der Waals surface area contributed by atoms with E-state index in [0.29, 0.717) is 6.17 Å². The lowest BCUT2D eigenvalue weighted by Gasteiger charge is -2.45. The number of fused-ring (bicyclic) bond motifs is 1. The van der Waals surface area contributed by atoms with E-state index >= 15 is 0 Å². The van der Waals surface area contributed by atoms with Crippen molar-refractivity contribution >= 4 is 10.9 Å². The lowest BCUT2D eigenvalue weighted by atomic mass is 10.2. The third-order valence-electron chi connectivity index (χ3n) is 4.50. The molecule has 2 aliphatic heterocycles. The highest BCUT2D eigenvalue weighted by Crippen LogP contribution is 2.19. The summed E-state index contributed by atoms with van der Waals surface area (Å²) in [7, 11) is 0. The molecular weight excluding hydrogens is 264 g/mol. The highest BCUT2D eigenvalue weighted by Gasteiger charge is 2.30. The van der Waals surface area contributed by atoms with E-state index in [4.69, 9.17) is 4.74 Å². The Hall–Kier alpha value is -1.56. The number of para-hydroxylation sites is 1. The minimum atomic E-state index is 0.330. The standard InChI is InChI=1S/C16H22N4O/c1-2-4-15-14(3-1)5-8-19(15)20-11-12-21-13-16(20)18-9-6-17-7-10-18/h1-5,8,16-17H,6-7,9-13H2. The van der Waals surface area contributed by atoms with Crippen molar-refractivity contribution in [3.63, 3.8) is 0 Å². The number of morpholine rings is 1. The molecule has 5 nitrogen and oxygen atoms in total. The summed E-state index contributed by atoms with van der Waals surface area (Å²) in [5.74, 6) is 0. The van der Waals surface area contributed by atoms with Gasteiger partial charge in [-0.1, -0.05) is 18.2 Å². The Morgan fingerprint density at radius 2 is 1.90 bits per heavy atom. The molecule has 0 radical (unpaired) electrons. The largest absolute Gasteiger partial charge is 0.376 e. The first-order valence-corrected chi connectivity index (χ1v) is 7.79. The average Bonchev–Trinajstić information content (AvgIpc) is 3.00. The van der Waals surface area contributed by atoms with Gasteiger partial charge in [0, 0.05) is 37.8 Å². The number of nitrogens with one attached hydrogen (secondary N) is 1. The number of piperazine rings is 1. The molecule has 3 heterocycles. The van der Waals surface area contributed by atoms with E-state index in [1.54, 1.807) is 0 Å². The van der Waals surface area contributed by atoms with Gasteiger partial charge in [-0.15, -0.1) is 0 Å². The Kier molecular flexibility index (Phi) is 3.55. The van der Waals surface area contributed by atoms with E-state index in [2.05, 4.69) is 56.4 Å². The predicted octanol–water partition coefficient (Wildman–Crippen LogP) is 0.841. The lowest BCUT2D eigenvalue weighted by molar-refractivity contribution is 0.0108. The van der Waals surface area contributed by atoms with Crippen molar-refractivity contribution in [2.24, 2.45) is 0 Å². The van der Waals surface area contributed by atoms with Gasteiger partial charge >= 0.3 is 0 Å². The van der Waals surface area contributed by atoms with Crippen LogP contribution in [0.1, 0.15) is 0 Å². The molecule has 2 fully saturated rings. The van der Waals surface area contributed by atoms with Gasteiger partial charge in [-0.25, -0.2) is 0 Å². The zero-order valence-corrected chi connectivity index (χ0v) is 12.2. The number of hydrogen-bond acceptors (Lipinski definition) is 4. The molecule has 2 saturated heterocycles. The van der Waals surface area contributed by atoms with Gasteiger partial charge in [0.05, 0.1) is 25.3 Å². The van der Waals surface area contributed by atoms with Crippen LogP contribution in [0.15, 0.2) is 36.5 Å². The van der Waals surface area contributed by atoms with Gasteiger partial charge in [-0.3, -0.25) is 14.6 Å². The third kappa shape index (κ3) is 2.41. The Bertz CT molecular complexity index is 605. The second-order valence-electron chi connectivity index (χ2n) is 5.72. The van der Waals surface area contributed by atoms with Gasteiger partial charge in [-0.05, 0) is 12.1 Å². The second kappa shape index (κ2) is 5.67. The number of ether oxygens (including phenoxy) is 1. The normalized spacial score (nSPS) is 24.6. The van der Waals surface area contributed by atoms with Crippen molar-refractivity contribution in [1.29, 1.82) is 0 Å². The Morgan fingerprint density at radius 3 is 2.81 bits per heavy atom. The molecule has 2 aliphatic rings. The molecule has 1 atom stereocenters. The van der Waals surface area contributed by atoms with Crippen LogP contribution in [0.5, 0.6) is 0 Å². The Balaban J connectivity index is 1.67. The molecule has 1 aromatic carbocycles. The highest BCUT2D eigenvalue weighted by molar-refractivity contribution is 5.80. The molecule has 21 heavy (non-hydrogen) atoms. The molecule has 1 unspecified atom stereocenters. The molecule has 0 aliphatic carbocycles. The van der Waals surface area contributed by atoms with Gasteiger partial charge in [-0.2, -0.15) is 0 Å². The second-order valence-corrected chi connectivity index (χ2v) is 5.72. The van der Waals surface area contributed by atoms with Gasteiger partial charge in [0.25, 0.3) is 0 Å². The molecule has 5 heteroatoms. The quantitative estimate of drug-likeness (QED) is 0.887. The summed E-state index contributed by atoms with van der Waals surface area (Å²) >= 11 is 0. The molecule has 112 valence electrons. The molecule has 1 aromatic heterocycles. The topological polar surface area (TPSA) is 32.7 Å². The summed E-state index contributed by atoms with van der Waals surface area (Å²) < 4.78 is 8.07. The van der Waals surface area contributed by atoms with E-state index in [1.165, 1.54) is 10.9 Å². The van der Waals surface area contributed by atoms with Crippen LogP contribution < -0.4 is 10.3 Å². The summed E-state index contributed by atoms with van der Waals surface area (Å²) in [4.78, 5) is 2.53. The predicted molar refractivity (Wildman–Crippen MR) is 84.1 cm³/mol. The maximum absolute atomic E-state index is 5.76. The molecule has 0 amide bonds. The van der Waals surface area contributed by atoms with Crippen LogP contribution in [0.3, 0.4) is 0 Å². The van der Waals surface area contributed by atoms with Crippen LogP contribution in [0, 0.1) is 0 Å². The number of benzene rings is 1. The van der Waals surface area contributed by atoms with E-state index in [9.17, 15) is 0 Å².